The van der Waals surface area contributed by atoms with Crippen LogP contribution < -0.4 is 0 Å². The average Bonchev–Trinajstić information content (AvgIpc) is 3.20. The molecule has 0 amide bonds. The molecule has 1 heterocycles. The maximum Gasteiger partial charge on any atom is 0.0832 e. The minimum absolute atomic E-state index is 0.232. The Bertz CT molecular complexity index is 449. The lowest BCUT2D eigenvalue weighted by Gasteiger charge is -2.12. The van der Waals surface area contributed by atoms with Gasteiger partial charge in [0.15, 0.2) is 0 Å². The molecule has 3 nitrogen and oxygen atoms in total. The van der Waals surface area contributed by atoms with Gasteiger partial charge in [0.05, 0.1) is 12.2 Å². The number of rotatable bonds is 5. The number of nitriles is 1. The van der Waals surface area contributed by atoms with Gasteiger partial charge in [0.1, 0.15) is 0 Å². The van der Waals surface area contributed by atoms with Crippen LogP contribution in [0.1, 0.15) is 43.8 Å². The third-order valence-electron chi connectivity index (χ3n) is 4.11. The van der Waals surface area contributed by atoms with Gasteiger partial charge in [0.2, 0.25) is 0 Å². The summed E-state index contributed by atoms with van der Waals surface area (Å²) in [7, 11) is 0. The Hall–Kier alpha value is -1.27. The number of aromatic nitrogens is 1. The van der Waals surface area contributed by atoms with Crippen LogP contribution in [0.5, 0.6) is 0 Å². The zero-order valence-corrected chi connectivity index (χ0v) is 9.97. The maximum atomic E-state index is 10.0. The van der Waals surface area contributed by atoms with Crippen molar-refractivity contribution in [1.82, 2.24) is 4.57 Å². The molecule has 0 radical (unpaired) electrons. The second-order valence-corrected chi connectivity index (χ2v) is 5.73. The van der Waals surface area contributed by atoms with E-state index in [1.165, 1.54) is 12.8 Å². The summed E-state index contributed by atoms with van der Waals surface area (Å²) < 4.78 is 2.14. The molecule has 1 N–H and O–H groups in total. The highest BCUT2D eigenvalue weighted by Gasteiger charge is 2.42. The van der Waals surface area contributed by atoms with Gasteiger partial charge in [0.25, 0.3) is 0 Å². The summed E-state index contributed by atoms with van der Waals surface area (Å²) in [6.45, 7) is 0.929. The van der Waals surface area contributed by atoms with Crippen molar-refractivity contribution in [3.8, 4) is 6.07 Å². The van der Waals surface area contributed by atoms with E-state index in [-0.39, 0.29) is 11.5 Å². The highest BCUT2D eigenvalue weighted by molar-refractivity contribution is 5.17. The second kappa shape index (κ2) is 3.89. The smallest absolute Gasteiger partial charge is 0.0832 e. The molecular formula is C14H18N2O. The second-order valence-electron chi connectivity index (χ2n) is 5.73. The van der Waals surface area contributed by atoms with Crippen molar-refractivity contribution in [1.29, 1.82) is 5.26 Å². The third-order valence-corrected chi connectivity index (χ3v) is 4.11. The molecule has 17 heavy (non-hydrogen) atoms. The number of hydrogen-bond donors (Lipinski definition) is 1. The molecule has 0 saturated heterocycles. The van der Waals surface area contributed by atoms with Crippen LogP contribution in [0.15, 0.2) is 18.5 Å². The van der Waals surface area contributed by atoms with Crippen LogP contribution in [0.4, 0.5) is 0 Å². The lowest BCUT2D eigenvalue weighted by atomic mass is 10.0. The minimum atomic E-state index is -0.276. The van der Waals surface area contributed by atoms with E-state index in [1.807, 2.05) is 12.3 Å². The highest BCUT2D eigenvalue weighted by atomic mass is 16.3. The quantitative estimate of drug-likeness (QED) is 0.845. The van der Waals surface area contributed by atoms with Crippen LogP contribution >= 0.6 is 0 Å². The van der Waals surface area contributed by atoms with Crippen molar-refractivity contribution in [3.05, 3.63) is 24.0 Å². The SMILES string of the molecule is N#CCC1(Cn2ccc(C(O)C3CC3)c2)CC1. The summed E-state index contributed by atoms with van der Waals surface area (Å²) in [4.78, 5) is 0. The Morgan fingerprint density at radius 2 is 2.29 bits per heavy atom. The predicted molar refractivity (Wildman–Crippen MR) is 64.0 cm³/mol. The first-order chi connectivity index (χ1) is 8.22. The third kappa shape index (κ3) is 2.23. The van der Waals surface area contributed by atoms with Gasteiger partial charge >= 0.3 is 0 Å². The van der Waals surface area contributed by atoms with Crippen LogP contribution in [-0.4, -0.2) is 9.67 Å². The molecule has 1 atom stereocenters. The van der Waals surface area contributed by atoms with Gasteiger partial charge in [-0.3, -0.25) is 0 Å². The fourth-order valence-corrected chi connectivity index (χ4v) is 2.54. The predicted octanol–water partition coefficient (Wildman–Crippen LogP) is 2.63. The monoisotopic (exact) mass is 230 g/mol. The summed E-state index contributed by atoms with van der Waals surface area (Å²) >= 11 is 0. The van der Waals surface area contributed by atoms with Crippen molar-refractivity contribution >= 4 is 0 Å². The summed E-state index contributed by atoms with van der Waals surface area (Å²) in [5.41, 5.74) is 1.27. The van der Waals surface area contributed by atoms with Crippen LogP contribution in [0.3, 0.4) is 0 Å². The van der Waals surface area contributed by atoms with Crippen LogP contribution in [0.25, 0.3) is 0 Å². The first kappa shape index (κ1) is 10.9. The Kier molecular flexibility index (Phi) is 2.48. The van der Waals surface area contributed by atoms with E-state index < -0.39 is 0 Å². The van der Waals surface area contributed by atoms with E-state index >= 15 is 0 Å². The van der Waals surface area contributed by atoms with Crippen LogP contribution in [0.2, 0.25) is 0 Å². The molecule has 1 aromatic rings. The molecule has 2 aliphatic carbocycles. The van der Waals surface area contributed by atoms with Crippen molar-refractivity contribution in [2.24, 2.45) is 11.3 Å². The van der Waals surface area contributed by atoms with Crippen LogP contribution in [0, 0.1) is 22.7 Å². The number of hydrogen-bond acceptors (Lipinski definition) is 2. The number of aliphatic hydroxyl groups excluding tert-OH is 1. The van der Waals surface area contributed by atoms with Crippen molar-refractivity contribution in [2.45, 2.75) is 44.8 Å². The topological polar surface area (TPSA) is 49.0 Å². The Morgan fingerprint density at radius 1 is 1.53 bits per heavy atom. The lowest BCUT2D eigenvalue weighted by Crippen LogP contribution is -2.09. The summed E-state index contributed by atoms with van der Waals surface area (Å²) in [5, 5.41) is 18.8. The molecule has 0 spiro atoms. The number of nitrogens with zero attached hydrogens (tertiary/aromatic N) is 2. The van der Waals surface area contributed by atoms with Crippen LogP contribution in [-0.2, 0) is 6.54 Å². The number of aliphatic hydroxyl groups is 1. The van der Waals surface area contributed by atoms with Gasteiger partial charge in [-0.1, -0.05) is 0 Å². The molecule has 2 fully saturated rings. The lowest BCUT2D eigenvalue weighted by molar-refractivity contribution is 0.153. The van der Waals surface area contributed by atoms with Gasteiger partial charge in [-0.25, -0.2) is 0 Å². The van der Waals surface area contributed by atoms with E-state index in [0.29, 0.717) is 12.3 Å². The largest absolute Gasteiger partial charge is 0.388 e. The first-order valence-electron chi connectivity index (χ1n) is 6.43. The molecular weight excluding hydrogens is 212 g/mol. The molecule has 0 aliphatic heterocycles. The molecule has 2 aliphatic rings. The minimum Gasteiger partial charge on any atom is -0.388 e. The highest BCUT2D eigenvalue weighted by Crippen LogP contribution is 2.50. The van der Waals surface area contributed by atoms with Gasteiger partial charge < -0.3 is 9.67 Å². The molecule has 90 valence electrons. The molecule has 0 aromatic carbocycles. The van der Waals surface area contributed by atoms with E-state index in [4.69, 9.17) is 5.26 Å². The summed E-state index contributed by atoms with van der Waals surface area (Å²) in [6, 6.07) is 4.31. The molecule has 1 aromatic heterocycles. The van der Waals surface area contributed by atoms with Crippen molar-refractivity contribution in [2.75, 3.05) is 0 Å². The molecule has 2 saturated carbocycles. The van der Waals surface area contributed by atoms with E-state index in [0.717, 1.165) is 24.9 Å². The first-order valence-corrected chi connectivity index (χ1v) is 6.43. The molecule has 0 bridgehead atoms. The molecule has 3 heteroatoms. The zero-order chi connectivity index (χ0) is 11.9. The summed E-state index contributed by atoms with van der Waals surface area (Å²) in [6.07, 6.45) is 9.13. The average molecular weight is 230 g/mol. The van der Waals surface area contributed by atoms with E-state index in [2.05, 4.69) is 16.8 Å². The Balaban J connectivity index is 1.66. The van der Waals surface area contributed by atoms with E-state index in [1.54, 1.807) is 0 Å². The van der Waals surface area contributed by atoms with Gasteiger partial charge in [-0.05, 0) is 43.2 Å². The van der Waals surface area contributed by atoms with Gasteiger partial charge in [0, 0.05) is 30.8 Å². The van der Waals surface area contributed by atoms with Gasteiger partial charge in [-0.2, -0.15) is 5.26 Å². The maximum absolute atomic E-state index is 10.0. The van der Waals surface area contributed by atoms with Gasteiger partial charge in [-0.15, -0.1) is 0 Å². The van der Waals surface area contributed by atoms with Crippen molar-refractivity contribution in [3.63, 3.8) is 0 Å². The van der Waals surface area contributed by atoms with E-state index in [9.17, 15) is 5.11 Å². The zero-order valence-electron chi connectivity index (χ0n) is 9.97. The summed E-state index contributed by atoms with van der Waals surface area (Å²) in [5.74, 6) is 0.486. The molecule has 3 rings (SSSR count). The Morgan fingerprint density at radius 3 is 2.88 bits per heavy atom. The standard InChI is InChI=1S/C14H18N2O/c15-7-6-14(4-5-14)10-16-8-3-12(9-16)13(17)11-1-2-11/h3,8-9,11,13,17H,1-2,4-6,10H2. The fourth-order valence-electron chi connectivity index (χ4n) is 2.54. The Labute approximate surface area is 102 Å². The molecule has 1 unspecified atom stereocenters. The normalized spacial score (nSPS) is 23.1. The van der Waals surface area contributed by atoms with Crippen molar-refractivity contribution < 1.29 is 5.11 Å². The fraction of sp³-hybridized carbons (Fsp3) is 0.643.